The minimum absolute atomic E-state index is 0.159. The van der Waals surface area contributed by atoms with Crippen molar-refractivity contribution in [3.8, 4) is 6.07 Å². The van der Waals surface area contributed by atoms with Crippen molar-refractivity contribution < 1.29 is 14.3 Å². The Kier molecular flexibility index (Phi) is 5.52. The summed E-state index contributed by atoms with van der Waals surface area (Å²) in [6.07, 6.45) is 0.698. The Morgan fingerprint density at radius 2 is 1.97 bits per heavy atom. The summed E-state index contributed by atoms with van der Waals surface area (Å²) in [5.74, 6) is -1.01. The second kappa shape index (κ2) is 7.62. The molecule has 1 aliphatic rings. The number of rotatable bonds is 4. The van der Waals surface area contributed by atoms with Crippen LogP contribution in [0, 0.1) is 18.3 Å². The van der Waals surface area contributed by atoms with E-state index >= 15 is 0 Å². The first-order valence-electron chi connectivity index (χ1n) is 9.42. The number of esters is 1. The summed E-state index contributed by atoms with van der Waals surface area (Å²) in [5.41, 5.74) is 2.21. The molecule has 7 heteroatoms. The molecule has 0 saturated heterocycles. The van der Waals surface area contributed by atoms with Crippen LogP contribution in [0.15, 0.2) is 24.3 Å². The van der Waals surface area contributed by atoms with Gasteiger partial charge < -0.3 is 15.4 Å². The fraction of sp³-hybridized carbons (Fsp3) is 0.409. The van der Waals surface area contributed by atoms with Gasteiger partial charge in [-0.25, -0.2) is 4.79 Å². The highest BCUT2D eigenvalue weighted by Gasteiger charge is 2.40. The molecule has 0 fully saturated rings. The fourth-order valence-electron chi connectivity index (χ4n) is 3.91. The van der Waals surface area contributed by atoms with Crippen molar-refractivity contribution >= 4 is 28.2 Å². The Morgan fingerprint density at radius 1 is 1.28 bits per heavy atom. The maximum absolute atomic E-state index is 12.4. The lowest BCUT2D eigenvalue weighted by atomic mass is 9.81. The third kappa shape index (κ3) is 4.34. The molecule has 0 atom stereocenters. The van der Waals surface area contributed by atoms with Crippen molar-refractivity contribution in [3.63, 3.8) is 0 Å². The number of aryl methyl sites for hydroxylation is 1. The van der Waals surface area contributed by atoms with Gasteiger partial charge in [0.25, 0.3) is 5.91 Å². The third-order valence-electron chi connectivity index (χ3n) is 4.91. The summed E-state index contributed by atoms with van der Waals surface area (Å²) in [4.78, 5) is 25.6. The van der Waals surface area contributed by atoms with Gasteiger partial charge in [-0.15, -0.1) is 11.3 Å². The first-order chi connectivity index (χ1) is 13.5. The van der Waals surface area contributed by atoms with E-state index in [2.05, 4.69) is 44.4 Å². The van der Waals surface area contributed by atoms with Crippen LogP contribution in [0.5, 0.6) is 0 Å². The number of carbonyl (C=O) groups excluding carboxylic acids is 2. The maximum atomic E-state index is 12.4. The Bertz CT molecular complexity index is 1010. The summed E-state index contributed by atoms with van der Waals surface area (Å²) < 4.78 is 5.15. The molecule has 29 heavy (non-hydrogen) atoms. The van der Waals surface area contributed by atoms with Crippen molar-refractivity contribution in [2.75, 3.05) is 11.9 Å². The number of nitrogens with one attached hydrogen (secondary N) is 2. The summed E-state index contributed by atoms with van der Waals surface area (Å²) in [6, 6.07) is 9.29. The van der Waals surface area contributed by atoms with E-state index in [9.17, 15) is 14.9 Å². The second-order valence-corrected chi connectivity index (χ2v) is 9.50. The van der Waals surface area contributed by atoms with Crippen LogP contribution in [0.2, 0.25) is 0 Å². The molecule has 0 spiro atoms. The molecule has 0 bridgehead atoms. The molecular weight excluding hydrogens is 386 g/mol. The first-order valence-corrected chi connectivity index (χ1v) is 10.2. The van der Waals surface area contributed by atoms with Crippen molar-refractivity contribution in [1.82, 2.24) is 5.32 Å². The van der Waals surface area contributed by atoms with Crippen LogP contribution in [-0.4, -0.2) is 24.0 Å². The SMILES string of the molecule is Cc1ccccc1C(=O)OCC(=O)Nc1sc2c(c1C#N)CC(C)(C)NC2(C)C. The number of thiophene rings is 1. The average molecular weight is 412 g/mol. The van der Waals surface area contributed by atoms with Crippen molar-refractivity contribution in [3.05, 3.63) is 51.4 Å². The predicted octanol–water partition coefficient (Wildman–Crippen LogP) is 3.88. The Labute approximate surface area is 174 Å². The zero-order valence-corrected chi connectivity index (χ0v) is 18.1. The molecule has 0 aliphatic carbocycles. The molecule has 152 valence electrons. The zero-order valence-electron chi connectivity index (χ0n) is 17.3. The summed E-state index contributed by atoms with van der Waals surface area (Å²) in [7, 11) is 0. The molecule has 2 aromatic rings. The average Bonchev–Trinajstić information content (AvgIpc) is 2.96. The minimum atomic E-state index is -0.545. The molecule has 0 saturated carbocycles. The van der Waals surface area contributed by atoms with Gasteiger partial charge in [-0.05, 0) is 58.2 Å². The van der Waals surface area contributed by atoms with E-state index in [1.54, 1.807) is 12.1 Å². The van der Waals surface area contributed by atoms with E-state index < -0.39 is 18.5 Å². The van der Waals surface area contributed by atoms with Crippen LogP contribution in [0.3, 0.4) is 0 Å². The van der Waals surface area contributed by atoms with Crippen molar-refractivity contribution in [1.29, 1.82) is 5.26 Å². The van der Waals surface area contributed by atoms with E-state index in [4.69, 9.17) is 4.74 Å². The van der Waals surface area contributed by atoms with E-state index in [1.807, 2.05) is 19.1 Å². The lowest BCUT2D eigenvalue weighted by Crippen LogP contribution is -2.54. The molecule has 1 aromatic carbocycles. The highest BCUT2D eigenvalue weighted by atomic mass is 32.1. The number of hydrogen-bond donors (Lipinski definition) is 2. The van der Waals surface area contributed by atoms with Crippen LogP contribution in [0.4, 0.5) is 5.00 Å². The Hall–Kier alpha value is -2.69. The highest BCUT2D eigenvalue weighted by Crippen LogP contribution is 2.44. The number of nitriles is 1. The topological polar surface area (TPSA) is 91.2 Å². The predicted molar refractivity (Wildman–Crippen MR) is 113 cm³/mol. The zero-order chi connectivity index (χ0) is 21.4. The molecular formula is C22H25N3O3S. The molecule has 0 unspecified atom stereocenters. The number of hydrogen-bond acceptors (Lipinski definition) is 6. The molecule has 1 aliphatic heterocycles. The molecule has 6 nitrogen and oxygen atoms in total. The lowest BCUT2D eigenvalue weighted by molar-refractivity contribution is -0.119. The number of anilines is 1. The summed E-state index contributed by atoms with van der Waals surface area (Å²) in [6.45, 7) is 9.73. The largest absolute Gasteiger partial charge is 0.452 e. The van der Waals surface area contributed by atoms with Crippen molar-refractivity contribution in [2.24, 2.45) is 0 Å². The highest BCUT2D eigenvalue weighted by molar-refractivity contribution is 7.17. The Balaban J connectivity index is 1.75. The number of amides is 1. The van der Waals surface area contributed by atoms with Gasteiger partial charge in [0.2, 0.25) is 0 Å². The molecule has 0 radical (unpaired) electrons. The van der Waals surface area contributed by atoms with E-state index in [-0.39, 0.29) is 11.1 Å². The fourth-order valence-corrected chi connectivity index (χ4v) is 5.15. The molecule has 2 heterocycles. The lowest BCUT2D eigenvalue weighted by Gasteiger charge is -2.42. The van der Waals surface area contributed by atoms with Gasteiger partial charge in [0.15, 0.2) is 6.61 Å². The van der Waals surface area contributed by atoms with Crippen molar-refractivity contribution in [2.45, 2.75) is 52.1 Å². The minimum Gasteiger partial charge on any atom is -0.452 e. The number of fused-ring (bicyclic) bond motifs is 1. The smallest absolute Gasteiger partial charge is 0.338 e. The van der Waals surface area contributed by atoms with E-state index in [0.29, 0.717) is 22.5 Å². The number of benzene rings is 1. The summed E-state index contributed by atoms with van der Waals surface area (Å²) in [5, 5.41) is 16.6. The number of nitrogens with zero attached hydrogens (tertiary/aromatic N) is 1. The van der Waals surface area contributed by atoms with E-state index in [1.165, 1.54) is 11.3 Å². The van der Waals surface area contributed by atoms with Crippen LogP contribution in [0.1, 0.15) is 59.6 Å². The molecule has 2 N–H and O–H groups in total. The van der Waals surface area contributed by atoms with Gasteiger partial charge in [0, 0.05) is 16.0 Å². The monoisotopic (exact) mass is 411 g/mol. The molecule has 1 aromatic heterocycles. The normalized spacial score (nSPS) is 16.4. The van der Waals surface area contributed by atoms with Gasteiger partial charge >= 0.3 is 5.97 Å². The van der Waals surface area contributed by atoms with Gasteiger partial charge in [-0.1, -0.05) is 18.2 Å². The Morgan fingerprint density at radius 3 is 2.62 bits per heavy atom. The van der Waals surface area contributed by atoms with Gasteiger partial charge in [0.05, 0.1) is 11.1 Å². The van der Waals surface area contributed by atoms with E-state index in [0.717, 1.165) is 16.0 Å². The van der Waals surface area contributed by atoms with Crippen LogP contribution < -0.4 is 10.6 Å². The maximum Gasteiger partial charge on any atom is 0.338 e. The van der Waals surface area contributed by atoms with Crippen LogP contribution >= 0.6 is 11.3 Å². The van der Waals surface area contributed by atoms with Crippen LogP contribution in [-0.2, 0) is 21.5 Å². The summed E-state index contributed by atoms with van der Waals surface area (Å²) >= 11 is 1.40. The first kappa shape index (κ1) is 21.0. The second-order valence-electron chi connectivity index (χ2n) is 8.48. The van der Waals surface area contributed by atoms with Gasteiger partial charge in [-0.2, -0.15) is 5.26 Å². The molecule has 3 rings (SSSR count). The van der Waals surface area contributed by atoms with Crippen LogP contribution in [0.25, 0.3) is 0 Å². The van der Waals surface area contributed by atoms with Gasteiger partial charge in [0.1, 0.15) is 11.1 Å². The molecule has 1 amide bonds. The number of carbonyl (C=O) groups is 2. The number of ether oxygens (including phenoxy) is 1. The third-order valence-corrected chi connectivity index (χ3v) is 6.38. The quantitative estimate of drug-likeness (QED) is 0.745. The van der Waals surface area contributed by atoms with Gasteiger partial charge in [-0.3, -0.25) is 4.79 Å². The standard InChI is InChI=1S/C22H25N3O3S/c1-13-8-6-7-9-14(13)20(27)28-12-17(26)24-19-16(11-23)15-10-21(2,3)25-22(4,5)18(15)29-19/h6-9,25H,10,12H2,1-5H3,(H,24,26).